The first-order valence-corrected chi connectivity index (χ1v) is 9.44. The summed E-state index contributed by atoms with van der Waals surface area (Å²) >= 11 is 0. The number of anilines is 2. The summed E-state index contributed by atoms with van der Waals surface area (Å²) in [6.07, 6.45) is 3.51. The van der Waals surface area contributed by atoms with Crippen molar-refractivity contribution in [2.45, 2.75) is 13.8 Å². The van der Waals surface area contributed by atoms with E-state index in [9.17, 15) is 9.18 Å². The number of carbonyl (C=O) groups is 1. The number of urea groups is 1. The van der Waals surface area contributed by atoms with Gasteiger partial charge in [-0.3, -0.25) is 4.57 Å². The summed E-state index contributed by atoms with van der Waals surface area (Å²) in [4.78, 5) is 25.0. The van der Waals surface area contributed by atoms with Crippen molar-refractivity contribution in [3.63, 3.8) is 0 Å². The molecule has 2 aromatic carbocycles. The smallest absolute Gasteiger partial charge is 0.323 e. The predicted molar refractivity (Wildman–Crippen MR) is 114 cm³/mol. The lowest BCUT2D eigenvalue weighted by molar-refractivity contribution is 0.262. The van der Waals surface area contributed by atoms with E-state index >= 15 is 0 Å². The molecule has 4 rings (SSSR count). The lowest BCUT2D eigenvalue weighted by atomic mass is 10.3. The van der Waals surface area contributed by atoms with Crippen molar-refractivity contribution in [2.24, 2.45) is 0 Å². The fourth-order valence-electron chi connectivity index (χ4n) is 2.90. The number of imidazole rings is 1. The van der Waals surface area contributed by atoms with Gasteiger partial charge in [0.05, 0.1) is 5.69 Å². The van der Waals surface area contributed by atoms with Crippen LogP contribution in [0.1, 0.15) is 11.6 Å². The number of halogens is 1. The molecule has 2 amide bonds. The van der Waals surface area contributed by atoms with Gasteiger partial charge in [0.1, 0.15) is 29.0 Å². The van der Waals surface area contributed by atoms with E-state index in [-0.39, 0.29) is 5.69 Å². The molecule has 0 atom stereocenters. The standard InChI is InChI=1S/C22H19FN6O2/c1-14-25-20(29-12-11-24-15(29)2)13-21(26-14)31-17-9-7-16(8-10-17)27-22(30)28-19-6-4-3-5-18(19)23/h3-13H,1-2H3,(H2,27,28,30). The number of nitrogens with one attached hydrogen (secondary N) is 2. The zero-order chi connectivity index (χ0) is 21.8. The number of ether oxygens (including phenoxy) is 1. The van der Waals surface area contributed by atoms with Crippen LogP contribution in [-0.4, -0.2) is 25.6 Å². The Kier molecular flexibility index (Phi) is 5.57. The molecule has 0 spiro atoms. The molecule has 0 saturated heterocycles. The van der Waals surface area contributed by atoms with Gasteiger partial charge in [-0.25, -0.2) is 19.2 Å². The van der Waals surface area contributed by atoms with Gasteiger partial charge in [-0.1, -0.05) is 12.1 Å². The number of carbonyl (C=O) groups excluding carboxylic acids is 1. The van der Waals surface area contributed by atoms with Crippen LogP contribution in [0.2, 0.25) is 0 Å². The van der Waals surface area contributed by atoms with Gasteiger partial charge in [-0.05, 0) is 50.2 Å². The molecule has 0 radical (unpaired) electrons. The maximum atomic E-state index is 13.6. The third kappa shape index (κ3) is 4.84. The van der Waals surface area contributed by atoms with Gasteiger partial charge in [-0.15, -0.1) is 0 Å². The largest absolute Gasteiger partial charge is 0.439 e. The van der Waals surface area contributed by atoms with Crippen LogP contribution >= 0.6 is 0 Å². The highest BCUT2D eigenvalue weighted by Gasteiger charge is 2.09. The van der Waals surface area contributed by atoms with Crippen molar-refractivity contribution in [3.8, 4) is 17.4 Å². The monoisotopic (exact) mass is 418 g/mol. The molecular weight excluding hydrogens is 399 g/mol. The highest BCUT2D eigenvalue weighted by atomic mass is 19.1. The molecule has 31 heavy (non-hydrogen) atoms. The van der Waals surface area contributed by atoms with Crippen LogP contribution in [0.3, 0.4) is 0 Å². The molecule has 0 aliphatic rings. The molecule has 156 valence electrons. The zero-order valence-corrected chi connectivity index (χ0v) is 16.8. The quantitative estimate of drug-likeness (QED) is 0.483. The van der Waals surface area contributed by atoms with E-state index in [2.05, 4.69) is 25.6 Å². The highest BCUT2D eigenvalue weighted by molar-refractivity contribution is 5.99. The number of benzene rings is 2. The number of hydrogen-bond donors (Lipinski definition) is 2. The van der Waals surface area contributed by atoms with E-state index in [1.54, 1.807) is 55.6 Å². The normalized spacial score (nSPS) is 10.5. The average molecular weight is 418 g/mol. The first-order chi connectivity index (χ1) is 15.0. The number of rotatable bonds is 5. The minimum Gasteiger partial charge on any atom is -0.439 e. The Hall–Kier alpha value is -4.27. The molecule has 0 aliphatic carbocycles. The first-order valence-electron chi connectivity index (χ1n) is 9.44. The number of amides is 2. The van der Waals surface area contributed by atoms with Gasteiger partial charge < -0.3 is 15.4 Å². The highest BCUT2D eigenvalue weighted by Crippen LogP contribution is 2.23. The number of para-hydroxylation sites is 1. The lowest BCUT2D eigenvalue weighted by Gasteiger charge is -2.11. The molecule has 9 heteroatoms. The molecule has 2 aromatic heterocycles. The zero-order valence-electron chi connectivity index (χ0n) is 16.8. The van der Waals surface area contributed by atoms with Crippen molar-refractivity contribution in [3.05, 3.63) is 84.5 Å². The van der Waals surface area contributed by atoms with Crippen LogP contribution in [0.25, 0.3) is 5.82 Å². The number of nitrogens with zero attached hydrogens (tertiary/aromatic N) is 4. The second kappa shape index (κ2) is 8.62. The van der Waals surface area contributed by atoms with Crippen LogP contribution in [0.15, 0.2) is 67.0 Å². The van der Waals surface area contributed by atoms with E-state index in [0.717, 1.165) is 5.82 Å². The van der Waals surface area contributed by atoms with E-state index in [4.69, 9.17) is 4.74 Å². The summed E-state index contributed by atoms with van der Waals surface area (Å²) in [6.45, 7) is 3.66. The fraction of sp³-hybridized carbons (Fsp3) is 0.0909. The third-order valence-electron chi connectivity index (χ3n) is 4.33. The fourth-order valence-corrected chi connectivity index (χ4v) is 2.90. The van der Waals surface area contributed by atoms with Crippen LogP contribution in [0.4, 0.5) is 20.6 Å². The first kappa shape index (κ1) is 20.0. The van der Waals surface area contributed by atoms with Crippen molar-refractivity contribution < 1.29 is 13.9 Å². The molecule has 0 saturated carbocycles. The Labute approximate surface area is 177 Å². The Morgan fingerprint density at radius 3 is 2.52 bits per heavy atom. The van der Waals surface area contributed by atoms with Gasteiger partial charge in [0.15, 0.2) is 0 Å². The van der Waals surface area contributed by atoms with Gasteiger partial charge in [0.25, 0.3) is 0 Å². The van der Waals surface area contributed by atoms with Gasteiger partial charge in [0, 0.05) is 24.1 Å². The average Bonchev–Trinajstić information content (AvgIpc) is 3.17. The number of aromatic nitrogens is 4. The summed E-state index contributed by atoms with van der Waals surface area (Å²) in [5.41, 5.74) is 0.623. The second-order valence-corrected chi connectivity index (χ2v) is 6.64. The van der Waals surface area contributed by atoms with Crippen molar-refractivity contribution in [2.75, 3.05) is 10.6 Å². The van der Waals surface area contributed by atoms with Crippen LogP contribution in [0, 0.1) is 19.7 Å². The maximum absolute atomic E-state index is 13.6. The molecule has 2 heterocycles. The summed E-state index contributed by atoms with van der Waals surface area (Å²) in [6, 6.07) is 13.8. The molecule has 0 unspecified atom stereocenters. The van der Waals surface area contributed by atoms with Crippen molar-refractivity contribution in [1.82, 2.24) is 19.5 Å². The summed E-state index contributed by atoms with van der Waals surface area (Å²) in [5.74, 6) is 2.42. The molecule has 2 N–H and O–H groups in total. The Bertz CT molecular complexity index is 1220. The molecule has 8 nitrogen and oxygen atoms in total. The molecule has 0 aliphatic heterocycles. The van der Waals surface area contributed by atoms with Crippen LogP contribution in [-0.2, 0) is 0 Å². The van der Waals surface area contributed by atoms with Crippen LogP contribution in [0.5, 0.6) is 11.6 Å². The Morgan fingerprint density at radius 1 is 1.03 bits per heavy atom. The van der Waals surface area contributed by atoms with E-state index in [1.807, 2.05) is 17.7 Å². The van der Waals surface area contributed by atoms with E-state index < -0.39 is 11.8 Å². The molecule has 0 fully saturated rings. The predicted octanol–water partition coefficient (Wildman–Crippen LogP) is 4.85. The van der Waals surface area contributed by atoms with Crippen LogP contribution < -0.4 is 15.4 Å². The number of hydrogen-bond acceptors (Lipinski definition) is 5. The van der Waals surface area contributed by atoms with Gasteiger partial charge in [-0.2, -0.15) is 4.98 Å². The third-order valence-corrected chi connectivity index (χ3v) is 4.33. The minimum absolute atomic E-state index is 0.100. The Morgan fingerprint density at radius 2 is 1.81 bits per heavy atom. The second-order valence-electron chi connectivity index (χ2n) is 6.64. The SMILES string of the molecule is Cc1nc(Oc2ccc(NC(=O)Nc3ccccc3F)cc2)cc(-n2ccnc2C)n1. The van der Waals surface area contributed by atoms with Crippen molar-refractivity contribution >= 4 is 17.4 Å². The Balaban J connectivity index is 1.43. The summed E-state index contributed by atoms with van der Waals surface area (Å²) in [5, 5.41) is 5.11. The summed E-state index contributed by atoms with van der Waals surface area (Å²) in [7, 11) is 0. The molecule has 4 aromatic rings. The lowest BCUT2D eigenvalue weighted by Crippen LogP contribution is -2.20. The molecule has 0 bridgehead atoms. The van der Waals surface area contributed by atoms with E-state index in [0.29, 0.717) is 29.0 Å². The van der Waals surface area contributed by atoms with E-state index in [1.165, 1.54) is 12.1 Å². The maximum Gasteiger partial charge on any atom is 0.323 e. The number of aryl methyl sites for hydroxylation is 2. The molecular formula is C22H19FN6O2. The van der Waals surface area contributed by atoms with Crippen molar-refractivity contribution in [1.29, 1.82) is 0 Å². The minimum atomic E-state index is -0.550. The van der Waals surface area contributed by atoms with Gasteiger partial charge >= 0.3 is 6.03 Å². The topological polar surface area (TPSA) is 94.0 Å². The van der Waals surface area contributed by atoms with Gasteiger partial charge in [0.2, 0.25) is 5.88 Å². The summed E-state index contributed by atoms with van der Waals surface area (Å²) < 4.78 is 21.3.